The van der Waals surface area contributed by atoms with E-state index in [0.29, 0.717) is 11.7 Å². The molecule has 2 aromatic rings. The smallest absolute Gasteiger partial charge is 0.225 e. The summed E-state index contributed by atoms with van der Waals surface area (Å²) >= 11 is 1.82. The number of nitrogens with two attached hydrogens (primary N) is 1. The molecule has 5 nitrogen and oxygen atoms in total. The van der Waals surface area contributed by atoms with E-state index in [0.717, 1.165) is 6.42 Å². The summed E-state index contributed by atoms with van der Waals surface area (Å²) < 4.78 is 5.07. The Kier molecular flexibility index (Phi) is 4.21. The summed E-state index contributed by atoms with van der Waals surface area (Å²) in [6.07, 6.45) is 0.949. The van der Waals surface area contributed by atoms with Crippen LogP contribution in [0.15, 0.2) is 18.2 Å². The molecule has 19 heavy (non-hydrogen) atoms. The molecule has 102 valence electrons. The molecule has 2 aromatic heterocycles. The number of rotatable bonds is 5. The van der Waals surface area contributed by atoms with Crippen molar-refractivity contribution in [1.29, 1.82) is 0 Å². The van der Waals surface area contributed by atoms with Gasteiger partial charge in [-0.2, -0.15) is 9.97 Å². The van der Waals surface area contributed by atoms with Crippen LogP contribution < -0.4 is 15.8 Å². The van der Waals surface area contributed by atoms with Crippen LogP contribution >= 0.6 is 11.3 Å². The van der Waals surface area contributed by atoms with Gasteiger partial charge in [0.05, 0.1) is 7.11 Å². The van der Waals surface area contributed by atoms with Gasteiger partial charge in [-0.25, -0.2) is 0 Å². The number of anilines is 2. The molecule has 2 rings (SSSR count). The van der Waals surface area contributed by atoms with Crippen LogP contribution in [0.1, 0.15) is 16.7 Å². The number of nitrogens with zero attached hydrogens (tertiary/aromatic N) is 2. The van der Waals surface area contributed by atoms with Crippen LogP contribution in [0.25, 0.3) is 0 Å². The molecule has 0 aliphatic heterocycles. The van der Waals surface area contributed by atoms with Gasteiger partial charge >= 0.3 is 0 Å². The lowest BCUT2D eigenvalue weighted by Gasteiger charge is -2.14. The van der Waals surface area contributed by atoms with E-state index >= 15 is 0 Å². The number of hydrogen-bond acceptors (Lipinski definition) is 6. The number of ether oxygens (including phenoxy) is 1. The highest BCUT2D eigenvalue weighted by Crippen LogP contribution is 2.19. The fourth-order valence-corrected chi connectivity index (χ4v) is 2.84. The van der Waals surface area contributed by atoms with Crippen LogP contribution in [0.3, 0.4) is 0 Å². The van der Waals surface area contributed by atoms with Crippen molar-refractivity contribution in [3.8, 4) is 5.88 Å². The van der Waals surface area contributed by atoms with Crippen LogP contribution in [0.5, 0.6) is 5.88 Å². The lowest BCUT2D eigenvalue weighted by molar-refractivity contribution is 0.398. The van der Waals surface area contributed by atoms with E-state index in [-0.39, 0.29) is 12.0 Å². The third-order valence-electron chi connectivity index (χ3n) is 2.63. The van der Waals surface area contributed by atoms with Gasteiger partial charge in [0.15, 0.2) is 0 Å². The minimum atomic E-state index is 0.209. The maximum Gasteiger partial charge on any atom is 0.225 e. The van der Waals surface area contributed by atoms with Crippen molar-refractivity contribution in [1.82, 2.24) is 9.97 Å². The highest BCUT2D eigenvalue weighted by Gasteiger charge is 2.08. The molecule has 0 radical (unpaired) electrons. The summed E-state index contributed by atoms with van der Waals surface area (Å²) in [7, 11) is 1.56. The molecule has 0 amide bonds. The quantitative estimate of drug-likeness (QED) is 0.879. The van der Waals surface area contributed by atoms with Crippen molar-refractivity contribution in [3.05, 3.63) is 28.0 Å². The van der Waals surface area contributed by atoms with Gasteiger partial charge in [-0.05, 0) is 26.0 Å². The average Bonchev–Trinajstić information content (AvgIpc) is 2.73. The minimum Gasteiger partial charge on any atom is -0.481 e. The second-order valence-electron chi connectivity index (χ2n) is 4.42. The highest BCUT2D eigenvalue weighted by molar-refractivity contribution is 7.11. The Hall–Kier alpha value is -1.82. The number of thiophene rings is 1. The summed E-state index contributed by atoms with van der Waals surface area (Å²) in [4.78, 5) is 10.8. The van der Waals surface area contributed by atoms with Gasteiger partial charge in [-0.1, -0.05) is 0 Å². The molecule has 6 heteroatoms. The summed E-state index contributed by atoms with van der Waals surface area (Å²) in [5, 5.41) is 3.31. The largest absolute Gasteiger partial charge is 0.481 e. The lowest BCUT2D eigenvalue weighted by Crippen LogP contribution is -2.19. The summed E-state index contributed by atoms with van der Waals surface area (Å²) in [6, 6.07) is 6.30. The molecule has 0 spiro atoms. The number of aryl methyl sites for hydroxylation is 1. The maximum atomic E-state index is 5.63. The molecule has 1 atom stereocenters. The fraction of sp³-hybridized carbons (Fsp3) is 0.385. The number of aromatic nitrogens is 2. The van der Waals surface area contributed by atoms with Crippen LogP contribution in [-0.2, 0) is 6.42 Å². The minimum absolute atomic E-state index is 0.209. The van der Waals surface area contributed by atoms with Gasteiger partial charge in [-0.15, -0.1) is 11.3 Å². The molecule has 0 saturated carbocycles. The molecule has 0 aliphatic rings. The molecule has 0 bridgehead atoms. The molecule has 0 fully saturated rings. The molecular weight excluding hydrogens is 260 g/mol. The topological polar surface area (TPSA) is 73.1 Å². The number of nitrogens with one attached hydrogen (secondary N) is 1. The van der Waals surface area contributed by atoms with Gasteiger partial charge in [0.25, 0.3) is 0 Å². The van der Waals surface area contributed by atoms with Gasteiger partial charge in [-0.3, -0.25) is 0 Å². The molecule has 0 aliphatic carbocycles. The van der Waals surface area contributed by atoms with Crippen molar-refractivity contribution in [2.24, 2.45) is 0 Å². The zero-order valence-electron chi connectivity index (χ0n) is 11.3. The van der Waals surface area contributed by atoms with Crippen LogP contribution in [0.2, 0.25) is 0 Å². The average molecular weight is 278 g/mol. The zero-order valence-corrected chi connectivity index (χ0v) is 12.1. The van der Waals surface area contributed by atoms with Gasteiger partial charge in [0, 0.05) is 28.3 Å². The Morgan fingerprint density at radius 2 is 2.21 bits per heavy atom. The van der Waals surface area contributed by atoms with Crippen molar-refractivity contribution >= 4 is 23.1 Å². The predicted octanol–water partition coefficient (Wildman–Crippen LogP) is 2.48. The van der Waals surface area contributed by atoms with Crippen LogP contribution in [-0.4, -0.2) is 23.1 Å². The fourth-order valence-electron chi connectivity index (χ4n) is 1.82. The SMILES string of the molecule is COc1cc(NC(C)Cc2ccc(C)s2)nc(N)n1. The van der Waals surface area contributed by atoms with Gasteiger partial charge < -0.3 is 15.8 Å². The highest BCUT2D eigenvalue weighted by atomic mass is 32.1. The first-order valence-corrected chi connectivity index (χ1v) is 6.89. The van der Waals surface area contributed by atoms with Crippen LogP contribution in [0, 0.1) is 6.92 Å². The number of methoxy groups -OCH3 is 1. The maximum absolute atomic E-state index is 5.63. The van der Waals surface area contributed by atoms with Crippen molar-refractivity contribution in [2.75, 3.05) is 18.2 Å². The van der Waals surface area contributed by atoms with Crippen molar-refractivity contribution in [2.45, 2.75) is 26.3 Å². The monoisotopic (exact) mass is 278 g/mol. The van der Waals surface area contributed by atoms with E-state index in [2.05, 4.69) is 41.3 Å². The molecule has 0 aromatic carbocycles. The summed E-state index contributed by atoms with van der Waals surface area (Å²) in [5.74, 6) is 1.36. The predicted molar refractivity (Wildman–Crippen MR) is 78.8 cm³/mol. The third kappa shape index (κ3) is 3.82. The summed E-state index contributed by atoms with van der Waals surface area (Å²) in [6.45, 7) is 4.22. The van der Waals surface area contributed by atoms with Crippen molar-refractivity contribution in [3.63, 3.8) is 0 Å². The van der Waals surface area contributed by atoms with E-state index in [1.54, 1.807) is 13.2 Å². The number of nitrogen functional groups attached to an aromatic ring is 1. The van der Waals surface area contributed by atoms with E-state index in [4.69, 9.17) is 10.5 Å². The summed E-state index contributed by atoms with van der Waals surface area (Å²) in [5.41, 5.74) is 5.63. The Bertz CT molecular complexity index is 555. The normalized spacial score (nSPS) is 12.2. The first-order valence-electron chi connectivity index (χ1n) is 6.07. The second-order valence-corrected chi connectivity index (χ2v) is 5.79. The number of hydrogen-bond donors (Lipinski definition) is 2. The van der Waals surface area contributed by atoms with E-state index in [9.17, 15) is 0 Å². The van der Waals surface area contributed by atoms with Crippen molar-refractivity contribution < 1.29 is 4.74 Å². The van der Waals surface area contributed by atoms with Crippen LogP contribution in [0.4, 0.5) is 11.8 Å². The van der Waals surface area contributed by atoms with Gasteiger partial charge in [0.2, 0.25) is 11.8 Å². The standard InChI is InChI=1S/C13H18N4OS/c1-8(6-10-5-4-9(2)19-10)15-11-7-12(18-3)17-13(14)16-11/h4-5,7-8H,6H2,1-3H3,(H3,14,15,16,17). The Balaban J connectivity index is 2.02. The molecule has 1 unspecified atom stereocenters. The Labute approximate surface area is 116 Å². The van der Waals surface area contributed by atoms with Gasteiger partial charge in [0.1, 0.15) is 5.82 Å². The first-order chi connectivity index (χ1) is 9.06. The van der Waals surface area contributed by atoms with E-state index < -0.39 is 0 Å². The Morgan fingerprint density at radius 3 is 2.84 bits per heavy atom. The molecular formula is C13H18N4OS. The zero-order chi connectivity index (χ0) is 13.8. The molecule has 0 saturated heterocycles. The molecule has 3 N–H and O–H groups in total. The second kappa shape index (κ2) is 5.88. The first kappa shape index (κ1) is 13.6. The third-order valence-corrected chi connectivity index (χ3v) is 3.65. The lowest BCUT2D eigenvalue weighted by atomic mass is 10.2. The molecule has 2 heterocycles. The Morgan fingerprint density at radius 1 is 1.42 bits per heavy atom. The van der Waals surface area contributed by atoms with E-state index in [1.807, 2.05) is 11.3 Å². The van der Waals surface area contributed by atoms with E-state index in [1.165, 1.54) is 9.75 Å².